The molecule has 6 nitrogen and oxygen atoms in total. The molecule has 4 rings (SSSR count). The van der Waals surface area contributed by atoms with Crippen LogP contribution in [0.2, 0.25) is 0 Å². The van der Waals surface area contributed by atoms with Crippen LogP contribution in [0, 0.1) is 5.92 Å². The lowest BCUT2D eigenvalue weighted by Gasteiger charge is -2.38. The number of alkyl halides is 3. The van der Waals surface area contributed by atoms with Gasteiger partial charge in [-0.3, -0.25) is 4.79 Å². The highest BCUT2D eigenvalue weighted by molar-refractivity contribution is 5.92. The Balaban J connectivity index is 1.32. The first-order valence-corrected chi connectivity index (χ1v) is 11.1. The van der Waals surface area contributed by atoms with Crippen molar-refractivity contribution in [1.29, 1.82) is 0 Å². The summed E-state index contributed by atoms with van der Waals surface area (Å²) in [6, 6.07) is 9.15. The van der Waals surface area contributed by atoms with Crippen molar-refractivity contribution in [3.05, 3.63) is 47.7 Å². The third-order valence-electron chi connectivity index (χ3n) is 6.34. The topological polar surface area (TPSA) is 61.4 Å². The second-order valence-corrected chi connectivity index (χ2v) is 8.61. The van der Waals surface area contributed by atoms with Crippen molar-refractivity contribution >= 4 is 17.4 Å². The van der Waals surface area contributed by atoms with Gasteiger partial charge in [-0.1, -0.05) is 25.0 Å². The molecule has 0 unspecified atom stereocenters. The van der Waals surface area contributed by atoms with Crippen molar-refractivity contribution in [2.45, 2.75) is 44.3 Å². The molecule has 1 aliphatic heterocycles. The fraction of sp³-hybridized carbons (Fsp3) is 0.522. The Hall–Kier alpha value is -2.84. The summed E-state index contributed by atoms with van der Waals surface area (Å²) in [6.45, 7) is 1.97. The number of halogens is 3. The zero-order valence-electron chi connectivity index (χ0n) is 18.1. The van der Waals surface area contributed by atoms with Crippen molar-refractivity contribution in [2.24, 2.45) is 5.92 Å². The third-order valence-corrected chi connectivity index (χ3v) is 6.34. The third kappa shape index (κ3) is 5.31. The molecule has 172 valence electrons. The largest absolute Gasteiger partial charge is 0.418 e. The number of para-hydroxylation sites is 1. The molecule has 2 aromatic rings. The summed E-state index contributed by atoms with van der Waals surface area (Å²) in [6.07, 6.45) is 0.542. The fourth-order valence-corrected chi connectivity index (χ4v) is 4.20. The van der Waals surface area contributed by atoms with Gasteiger partial charge in [-0.2, -0.15) is 13.2 Å². The molecular formula is C23H28F3N5O. The Bertz CT molecular complexity index is 922. The van der Waals surface area contributed by atoms with Gasteiger partial charge in [0.15, 0.2) is 11.5 Å². The van der Waals surface area contributed by atoms with Gasteiger partial charge in [-0.15, -0.1) is 10.2 Å². The molecule has 1 aliphatic carbocycles. The van der Waals surface area contributed by atoms with Crippen LogP contribution < -0.4 is 15.1 Å². The van der Waals surface area contributed by atoms with Crippen LogP contribution in [-0.2, 0) is 6.18 Å². The number of hydrogen-bond donors (Lipinski definition) is 1. The number of nitrogens with one attached hydrogen (secondary N) is 1. The maximum atomic E-state index is 13.4. The van der Waals surface area contributed by atoms with Crippen LogP contribution in [0.1, 0.15) is 48.2 Å². The molecule has 1 saturated carbocycles. The second kappa shape index (κ2) is 9.34. The van der Waals surface area contributed by atoms with E-state index in [1.54, 1.807) is 30.1 Å². The zero-order chi connectivity index (χ0) is 22.7. The van der Waals surface area contributed by atoms with Crippen LogP contribution in [0.4, 0.5) is 24.7 Å². The van der Waals surface area contributed by atoms with E-state index in [1.165, 1.54) is 25.0 Å². The van der Waals surface area contributed by atoms with E-state index in [0.717, 1.165) is 18.4 Å². The van der Waals surface area contributed by atoms with E-state index in [4.69, 9.17) is 0 Å². The molecule has 1 N–H and O–H groups in total. The number of rotatable bonds is 7. The van der Waals surface area contributed by atoms with Crippen LogP contribution >= 0.6 is 0 Å². The summed E-state index contributed by atoms with van der Waals surface area (Å²) in [5.74, 6) is 1.22. The maximum absolute atomic E-state index is 13.4. The molecule has 0 spiro atoms. The van der Waals surface area contributed by atoms with Crippen molar-refractivity contribution in [1.82, 2.24) is 15.5 Å². The number of amides is 1. The highest BCUT2D eigenvalue weighted by Gasteiger charge is 2.35. The van der Waals surface area contributed by atoms with E-state index < -0.39 is 11.7 Å². The van der Waals surface area contributed by atoms with Crippen molar-refractivity contribution in [3.63, 3.8) is 0 Å². The average molecular weight is 448 g/mol. The number of hydrogen-bond acceptors (Lipinski definition) is 5. The predicted molar refractivity (Wildman–Crippen MR) is 117 cm³/mol. The maximum Gasteiger partial charge on any atom is 0.418 e. The Labute approximate surface area is 185 Å². The molecule has 1 saturated heterocycles. The van der Waals surface area contributed by atoms with Crippen LogP contribution in [0.15, 0.2) is 36.4 Å². The van der Waals surface area contributed by atoms with Gasteiger partial charge in [-0.25, -0.2) is 0 Å². The second-order valence-electron chi connectivity index (χ2n) is 8.61. The molecule has 2 fully saturated rings. The van der Waals surface area contributed by atoms with Crippen LogP contribution in [0.25, 0.3) is 0 Å². The van der Waals surface area contributed by atoms with Crippen LogP contribution in [0.5, 0.6) is 0 Å². The van der Waals surface area contributed by atoms with Gasteiger partial charge in [0.25, 0.3) is 5.91 Å². The van der Waals surface area contributed by atoms with Gasteiger partial charge in [-0.05, 0) is 49.4 Å². The molecule has 9 heteroatoms. The van der Waals surface area contributed by atoms with Gasteiger partial charge in [0, 0.05) is 38.4 Å². The molecule has 2 heterocycles. The summed E-state index contributed by atoms with van der Waals surface area (Å²) in [5, 5.41) is 11.2. The van der Waals surface area contributed by atoms with E-state index in [0.29, 0.717) is 44.0 Å². The van der Waals surface area contributed by atoms with E-state index in [-0.39, 0.29) is 17.6 Å². The van der Waals surface area contributed by atoms with E-state index in [9.17, 15) is 18.0 Å². The Morgan fingerprint density at radius 2 is 1.81 bits per heavy atom. The van der Waals surface area contributed by atoms with E-state index in [1.807, 2.05) is 0 Å². The lowest BCUT2D eigenvalue weighted by Crippen LogP contribution is -2.44. The molecule has 1 aromatic carbocycles. The predicted octanol–water partition coefficient (Wildman–Crippen LogP) is 4.13. The summed E-state index contributed by atoms with van der Waals surface area (Å²) in [4.78, 5) is 16.0. The quantitative estimate of drug-likeness (QED) is 0.692. The van der Waals surface area contributed by atoms with Gasteiger partial charge >= 0.3 is 6.18 Å². The molecule has 1 amide bonds. The minimum Gasteiger partial charge on any atom is -0.371 e. The van der Waals surface area contributed by atoms with Crippen LogP contribution in [-0.4, -0.2) is 48.8 Å². The Morgan fingerprint density at radius 3 is 2.44 bits per heavy atom. The lowest BCUT2D eigenvalue weighted by molar-refractivity contribution is -0.137. The highest BCUT2D eigenvalue weighted by Crippen LogP contribution is 2.37. The molecule has 2 aliphatic rings. The van der Waals surface area contributed by atoms with Gasteiger partial charge < -0.3 is 15.1 Å². The van der Waals surface area contributed by atoms with Gasteiger partial charge in [0.05, 0.1) is 5.56 Å². The monoisotopic (exact) mass is 447 g/mol. The smallest absolute Gasteiger partial charge is 0.371 e. The number of nitrogens with zero attached hydrogens (tertiary/aromatic N) is 4. The molecule has 0 bridgehead atoms. The summed E-state index contributed by atoms with van der Waals surface area (Å²) in [7, 11) is 1.72. The summed E-state index contributed by atoms with van der Waals surface area (Å²) in [5.41, 5.74) is -0.111. The van der Waals surface area contributed by atoms with Crippen molar-refractivity contribution in [3.8, 4) is 0 Å². The lowest BCUT2D eigenvalue weighted by atomic mass is 10.0. The van der Waals surface area contributed by atoms with Crippen LogP contribution in [0.3, 0.4) is 0 Å². The minimum absolute atomic E-state index is 0.000715. The van der Waals surface area contributed by atoms with Gasteiger partial charge in [0.2, 0.25) is 0 Å². The van der Waals surface area contributed by atoms with E-state index in [2.05, 4.69) is 20.4 Å². The number of aromatic nitrogens is 2. The summed E-state index contributed by atoms with van der Waals surface area (Å²) < 4.78 is 40.1. The molecule has 32 heavy (non-hydrogen) atoms. The number of benzene rings is 1. The molecule has 0 atom stereocenters. The normalized spacial score (nSPS) is 17.3. The fourth-order valence-electron chi connectivity index (χ4n) is 4.20. The van der Waals surface area contributed by atoms with Crippen molar-refractivity contribution < 1.29 is 18.0 Å². The number of piperidine rings is 1. The molecular weight excluding hydrogens is 419 g/mol. The SMILES string of the molecule is CN(c1ccccc1C(F)(F)F)C1CCN(c2ccc(C(=O)NCCC3CC3)nn2)CC1. The first-order chi connectivity index (χ1) is 15.3. The Kier molecular flexibility index (Phi) is 6.53. The number of carbonyl (C=O) groups excluding carboxylic acids is 1. The average Bonchev–Trinajstić information content (AvgIpc) is 3.63. The summed E-state index contributed by atoms with van der Waals surface area (Å²) >= 11 is 0. The molecule has 0 radical (unpaired) electrons. The number of anilines is 2. The first kappa shape index (κ1) is 22.4. The molecule has 1 aromatic heterocycles. The number of carbonyl (C=O) groups is 1. The Morgan fingerprint density at radius 1 is 1.09 bits per heavy atom. The zero-order valence-corrected chi connectivity index (χ0v) is 18.1. The van der Waals surface area contributed by atoms with E-state index >= 15 is 0 Å². The van der Waals surface area contributed by atoms with Crippen molar-refractivity contribution in [2.75, 3.05) is 36.5 Å². The highest BCUT2D eigenvalue weighted by atomic mass is 19.4. The standard InChI is InChI=1S/C23H28F3N5O/c1-30(20-5-3-2-4-18(20)23(24,25)26)17-11-14-31(15-12-17)21-9-8-19(28-29-21)22(32)27-13-10-16-6-7-16/h2-5,8-9,16-17H,6-7,10-15H2,1H3,(H,27,32). The van der Waals surface area contributed by atoms with Gasteiger partial charge in [0.1, 0.15) is 0 Å². The minimum atomic E-state index is -4.38. The first-order valence-electron chi connectivity index (χ1n) is 11.1.